The zero-order valence-electron chi connectivity index (χ0n) is 15.9. The summed E-state index contributed by atoms with van der Waals surface area (Å²) in [5, 5.41) is 3.34. The van der Waals surface area contributed by atoms with Gasteiger partial charge in [0.1, 0.15) is 5.76 Å². The van der Waals surface area contributed by atoms with Gasteiger partial charge in [-0.25, -0.2) is 15.0 Å². The number of oxazole rings is 1. The SMILES string of the molecule is CN=C(NCc1ncc(C(C)(C)C)o1)N1CCN(c2ncccn2)CC1. The van der Waals surface area contributed by atoms with Crippen LogP contribution in [0.3, 0.4) is 0 Å². The molecule has 0 aliphatic carbocycles. The second kappa shape index (κ2) is 7.72. The van der Waals surface area contributed by atoms with Gasteiger partial charge in [0.05, 0.1) is 12.7 Å². The third kappa shape index (κ3) is 4.30. The van der Waals surface area contributed by atoms with Gasteiger partial charge in [-0.05, 0) is 6.07 Å². The van der Waals surface area contributed by atoms with Gasteiger partial charge in [0.15, 0.2) is 5.96 Å². The lowest BCUT2D eigenvalue weighted by atomic mass is 9.94. The fourth-order valence-corrected chi connectivity index (χ4v) is 2.80. The minimum Gasteiger partial charge on any atom is -0.443 e. The van der Waals surface area contributed by atoms with Crippen LogP contribution in [0.1, 0.15) is 32.4 Å². The second-order valence-electron chi connectivity index (χ2n) is 7.29. The molecule has 0 radical (unpaired) electrons. The van der Waals surface area contributed by atoms with Crippen LogP contribution in [0, 0.1) is 0 Å². The van der Waals surface area contributed by atoms with Gasteiger partial charge in [0.25, 0.3) is 0 Å². The average Bonchev–Trinajstić information content (AvgIpc) is 3.13. The van der Waals surface area contributed by atoms with E-state index in [1.54, 1.807) is 25.6 Å². The topological polar surface area (TPSA) is 82.7 Å². The zero-order chi connectivity index (χ0) is 18.6. The number of hydrogen-bond donors (Lipinski definition) is 1. The molecule has 0 spiro atoms. The molecule has 1 fully saturated rings. The maximum absolute atomic E-state index is 5.83. The first-order chi connectivity index (χ1) is 12.5. The van der Waals surface area contributed by atoms with E-state index in [1.807, 2.05) is 6.07 Å². The average molecular weight is 357 g/mol. The Bertz CT molecular complexity index is 727. The Kier molecular flexibility index (Phi) is 5.39. The summed E-state index contributed by atoms with van der Waals surface area (Å²) in [7, 11) is 1.80. The number of aromatic nitrogens is 3. The maximum Gasteiger partial charge on any atom is 0.225 e. The van der Waals surface area contributed by atoms with E-state index >= 15 is 0 Å². The molecule has 8 heteroatoms. The third-order valence-electron chi connectivity index (χ3n) is 4.32. The lowest BCUT2D eigenvalue weighted by molar-refractivity contribution is 0.358. The van der Waals surface area contributed by atoms with Gasteiger partial charge in [-0.2, -0.15) is 0 Å². The maximum atomic E-state index is 5.83. The van der Waals surface area contributed by atoms with E-state index in [0.29, 0.717) is 12.4 Å². The van der Waals surface area contributed by atoms with E-state index in [-0.39, 0.29) is 5.41 Å². The number of nitrogens with one attached hydrogen (secondary N) is 1. The van der Waals surface area contributed by atoms with Gasteiger partial charge in [-0.15, -0.1) is 0 Å². The van der Waals surface area contributed by atoms with Crippen LogP contribution in [-0.2, 0) is 12.0 Å². The van der Waals surface area contributed by atoms with Crippen LogP contribution in [0.15, 0.2) is 34.1 Å². The molecular formula is C18H27N7O. The Balaban J connectivity index is 1.53. The highest BCUT2D eigenvalue weighted by Gasteiger charge is 2.22. The molecule has 1 N–H and O–H groups in total. The van der Waals surface area contributed by atoms with Gasteiger partial charge in [-0.3, -0.25) is 4.99 Å². The normalized spacial score (nSPS) is 16.1. The molecule has 0 saturated carbocycles. The molecule has 8 nitrogen and oxygen atoms in total. The Morgan fingerprint density at radius 3 is 2.42 bits per heavy atom. The highest BCUT2D eigenvalue weighted by Crippen LogP contribution is 2.22. The quantitative estimate of drug-likeness (QED) is 0.661. The molecule has 0 atom stereocenters. The van der Waals surface area contributed by atoms with Crippen LogP contribution in [-0.4, -0.2) is 59.0 Å². The van der Waals surface area contributed by atoms with E-state index in [1.165, 1.54) is 0 Å². The van der Waals surface area contributed by atoms with Crippen molar-refractivity contribution in [3.05, 3.63) is 36.3 Å². The summed E-state index contributed by atoms with van der Waals surface area (Å²) in [6.07, 6.45) is 5.35. The molecule has 0 unspecified atom stereocenters. The Morgan fingerprint density at radius 2 is 1.85 bits per heavy atom. The molecular weight excluding hydrogens is 330 g/mol. The van der Waals surface area contributed by atoms with E-state index in [9.17, 15) is 0 Å². The molecule has 2 aromatic rings. The van der Waals surface area contributed by atoms with Crippen molar-refractivity contribution < 1.29 is 4.42 Å². The largest absolute Gasteiger partial charge is 0.443 e. The van der Waals surface area contributed by atoms with Crippen molar-refractivity contribution in [2.75, 3.05) is 38.1 Å². The van der Waals surface area contributed by atoms with Gasteiger partial charge < -0.3 is 19.5 Å². The van der Waals surface area contributed by atoms with Crippen molar-refractivity contribution in [1.82, 2.24) is 25.2 Å². The Labute approximate surface area is 154 Å². The Hall–Kier alpha value is -2.64. The summed E-state index contributed by atoms with van der Waals surface area (Å²) < 4.78 is 5.83. The first-order valence-electron chi connectivity index (χ1n) is 8.90. The van der Waals surface area contributed by atoms with Crippen LogP contribution in [0.2, 0.25) is 0 Å². The zero-order valence-corrected chi connectivity index (χ0v) is 15.9. The molecule has 3 rings (SSSR count). The standard InChI is InChI=1S/C18H27N7O/c1-18(2,3)14-12-22-15(26-14)13-23-16(19-4)24-8-10-25(11-9-24)17-20-6-5-7-21-17/h5-7,12H,8-11,13H2,1-4H3,(H,19,23). The highest BCUT2D eigenvalue weighted by atomic mass is 16.4. The molecule has 1 aliphatic rings. The van der Waals surface area contributed by atoms with Crippen LogP contribution >= 0.6 is 0 Å². The molecule has 140 valence electrons. The molecule has 0 amide bonds. The van der Waals surface area contributed by atoms with Crippen molar-refractivity contribution in [3.8, 4) is 0 Å². The second-order valence-corrected chi connectivity index (χ2v) is 7.29. The highest BCUT2D eigenvalue weighted by molar-refractivity contribution is 5.80. The molecule has 1 saturated heterocycles. The van der Waals surface area contributed by atoms with Crippen molar-refractivity contribution in [2.24, 2.45) is 4.99 Å². The fraction of sp³-hybridized carbons (Fsp3) is 0.556. The lowest BCUT2D eigenvalue weighted by Gasteiger charge is -2.36. The predicted octanol–water partition coefficient (Wildman–Crippen LogP) is 1.66. The number of guanidine groups is 1. The summed E-state index contributed by atoms with van der Waals surface area (Å²) >= 11 is 0. The Morgan fingerprint density at radius 1 is 1.15 bits per heavy atom. The summed E-state index contributed by atoms with van der Waals surface area (Å²) in [4.78, 5) is 21.8. The summed E-state index contributed by atoms with van der Waals surface area (Å²) in [6, 6.07) is 1.83. The van der Waals surface area contributed by atoms with E-state index in [4.69, 9.17) is 4.42 Å². The van der Waals surface area contributed by atoms with Crippen LogP contribution in [0.25, 0.3) is 0 Å². The van der Waals surface area contributed by atoms with Crippen LogP contribution in [0.4, 0.5) is 5.95 Å². The molecule has 3 heterocycles. The molecule has 0 aromatic carbocycles. The van der Waals surface area contributed by atoms with Crippen molar-refractivity contribution in [2.45, 2.75) is 32.7 Å². The van der Waals surface area contributed by atoms with Crippen molar-refractivity contribution in [3.63, 3.8) is 0 Å². The third-order valence-corrected chi connectivity index (χ3v) is 4.32. The molecule has 1 aliphatic heterocycles. The van der Waals surface area contributed by atoms with Gasteiger partial charge in [0, 0.05) is 51.0 Å². The predicted molar refractivity (Wildman–Crippen MR) is 101 cm³/mol. The summed E-state index contributed by atoms with van der Waals surface area (Å²) in [6.45, 7) is 10.3. The van der Waals surface area contributed by atoms with Crippen LogP contribution < -0.4 is 10.2 Å². The molecule has 26 heavy (non-hydrogen) atoms. The van der Waals surface area contributed by atoms with Crippen molar-refractivity contribution >= 4 is 11.9 Å². The first kappa shape index (κ1) is 18.2. The van der Waals surface area contributed by atoms with Gasteiger partial charge in [-0.1, -0.05) is 20.8 Å². The van der Waals surface area contributed by atoms with E-state index in [0.717, 1.165) is 43.8 Å². The van der Waals surface area contributed by atoms with Gasteiger partial charge in [0.2, 0.25) is 11.8 Å². The first-order valence-corrected chi connectivity index (χ1v) is 8.90. The van der Waals surface area contributed by atoms with E-state index < -0.39 is 0 Å². The number of nitrogens with zero attached hydrogens (tertiary/aromatic N) is 6. The summed E-state index contributed by atoms with van der Waals surface area (Å²) in [5.74, 6) is 3.20. The number of hydrogen-bond acceptors (Lipinski definition) is 6. The number of rotatable bonds is 3. The fourth-order valence-electron chi connectivity index (χ4n) is 2.80. The molecule has 0 bridgehead atoms. The van der Waals surface area contributed by atoms with Gasteiger partial charge >= 0.3 is 0 Å². The van der Waals surface area contributed by atoms with Crippen LogP contribution in [0.5, 0.6) is 0 Å². The van der Waals surface area contributed by atoms with E-state index in [2.05, 4.69) is 55.8 Å². The minimum atomic E-state index is -0.0389. The smallest absolute Gasteiger partial charge is 0.225 e. The van der Waals surface area contributed by atoms with Crippen molar-refractivity contribution in [1.29, 1.82) is 0 Å². The monoisotopic (exact) mass is 357 g/mol. The number of piperazine rings is 1. The minimum absolute atomic E-state index is 0.0389. The molecule has 2 aromatic heterocycles. The number of anilines is 1. The lowest BCUT2D eigenvalue weighted by Crippen LogP contribution is -2.52. The summed E-state index contributed by atoms with van der Waals surface area (Å²) in [5.41, 5.74) is -0.0389. The number of aliphatic imine (C=N–C) groups is 1.